The number of rotatable bonds is 9. The van der Waals surface area contributed by atoms with Crippen LogP contribution in [-0.4, -0.2) is 62.8 Å². The first kappa shape index (κ1) is 22.1. The van der Waals surface area contributed by atoms with Crippen molar-refractivity contribution < 1.29 is 13.2 Å². The Labute approximate surface area is 167 Å². The Morgan fingerprint density at radius 3 is 2.48 bits per heavy atom. The lowest BCUT2D eigenvalue weighted by Crippen LogP contribution is -2.33. The SMILES string of the molecule is CCN(CC)S(=O)(=O)c1cc(C(=O)NCCCN2CCCCC2)ccc1Cl. The fourth-order valence-electron chi connectivity index (χ4n) is 3.33. The average Bonchev–Trinajstić information content (AvgIpc) is 2.67. The molecule has 1 heterocycles. The lowest BCUT2D eigenvalue weighted by Gasteiger charge is -2.26. The van der Waals surface area contributed by atoms with Gasteiger partial charge in [-0.3, -0.25) is 4.79 Å². The molecule has 1 amide bonds. The van der Waals surface area contributed by atoms with Gasteiger partial charge in [-0.1, -0.05) is 31.9 Å². The number of carbonyl (C=O) groups is 1. The van der Waals surface area contributed by atoms with Crippen molar-refractivity contribution in [3.8, 4) is 0 Å². The van der Waals surface area contributed by atoms with Gasteiger partial charge in [0.2, 0.25) is 10.0 Å². The third-order valence-corrected chi connectivity index (χ3v) is 7.43. The van der Waals surface area contributed by atoms with Crippen molar-refractivity contribution in [1.82, 2.24) is 14.5 Å². The third-order valence-electron chi connectivity index (χ3n) is 4.90. The highest BCUT2D eigenvalue weighted by Crippen LogP contribution is 2.25. The molecule has 6 nitrogen and oxygen atoms in total. The molecular formula is C19H30ClN3O3S. The molecule has 2 rings (SSSR count). The van der Waals surface area contributed by atoms with E-state index >= 15 is 0 Å². The normalized spacial score (nSPS) is 15.9. The lowest BCUT2D eigenvalue weighted by molar-refractivity contribution is 0.0951. The first-order valence-corrected chi connectivity index (χ1v) is 11.5. The quantitative estimate of drug-likeness (QED) is 0.629. The number of sulfonamides is 1. The summed E-state index contributed by atoms with van der Waals surface area (Å²) in [6.07, 6.45) is 4.69. The van der Waals surface area contributed by atoms with E-state index in [1.165, 1.54) is 35.7 Å². The van der Waals surface area contributed by atoms with Gasteiger partial charge in [0.15, 0.2) is 0 Å². The van der Waals surface area contributed by atoms with E-state index in [1.54, 1.807) is 19.9 Å². The van der Waals surface area contributed by atoms with Crippen LogP contribution in [0.25, 0.3) is 0 Å². The number of nitrogens with one attached hydrogen (secondary N) is 1. The van der Waals surface area contributed by atoms with E-state index < -0.39 is 10.0 Å². The highest BCUT2D eigenvalue weighted by molar-refractivity contribution is 7.89. The zero-order valence-corrected chi connectivity index (χ0v) is 17.8. The number of hydrogen-bond donors (Lipinski definition) is 1. The summed E-state index contributed by atoms with van der Waals surface area (Å²) in [7, 11) is -3.71. The highest BCUT2D eigenvalue weighted by atomic mass is 35.5. The van der Waals surface area contributed by atoms with Crippen molar-refractivity contribution >= 4 is 27.5 Å². The van der Waals surface area contributed by atoms with E-state index in [2.05, 4.69) is 10.2 Å². The summed E-state index contributed by atoms with van der Waals surface area (Å²) in [5.74, 6) is -0.277. The zero-order valence-electron chi connectivity index (χ0n) is 16.2. The van der Waals surface area contributed by atoms with Crippen LogP contribution in [0.4, 0.5) is 0 Å². The first-order valence-electron chi connectivity index (χ1n) is 9.70. The molecule has 1 aromatic carbocycles. The fourth-order valence-corrected chi connectivity index (χ4v) is 5.29. The number of carbonyl (C=O) groups excluding carboxylic acids is 1. The summed E-state index contributed by atoms with van der Waals surface area (Å²) < 4.78 is 26.8. The van der Waals surface area contributed by atoms with E-state index in [4.69, 9.17) is 11.6 Å². The highest BCUT2D eigenvalue weighted by Gasteiger charge is 2.25. The fraction of sp³-hybridized carbons (Fsp3) is 0.632. The smallest absolute Gasteiger partial charge is 0.251 e. The van der Waals surface area contributed by atoms with Crippen LogP contribution < -0.4 is 5.32 Å². The van der Waals surface area contributed by atoms with Crippen LogP contribution in [0, 0.1) is 0 Å². The Hall–Kier alpha value is -1.15. The van der Waals surface area contributed by atoms with Gasteiger partial charge >= 0.3 is 0 Å². The number of hydrogen-bond acceptors (Lipinski definition) is 4. The molecule has 0 aromatic heterocycles. The molecule has 0 radical (unpaired) electrons. The summed E-state index contributed by atoms with van der Waals surface area (Å²) in [5, 5.41) is 3.01. The molecule has 0 saturated carbocycles. The number of benzene rings is 1. The molecule has 1 aliphatic heterocycles. The number of piperidine rings is 1. The van der Waals surface area contributed by atoms with Gasteiger partial charge in [-0.15, -0.1) is 0 Å². The van der Waals surface area contributed by atoms with Crippen molar-refractivity contribution in [1.29, 1.82) is 0 Å². The van der Waals surface area contributed by atoms with Gasteiger partial charge in [0.05, 0.1) is 5.02 Å². The van der Waals surface area contributed by atoms with Gasteiger partial charge in [0.25, 0.3) is 5.91 Å². The molecular weight excluding hydrogens is 386 g/mol. The molecule has 27 heavy (non-hydrogen) atoms. The number of nitrogens with zero attached hydrogens (tertiary/aromatic N) is 2. The van der Waals surface area contributed by atoms with Crippen LogP contribution in [0.2, 0.25) is 5.02 Å². The van der Waals surface area contributed by atoms with Crippen LogP contribution in [0.3, 0.4) is 0 Å². The molecule has 152 valence electrons. The first-order chi connectivity index (χ1) is 12.9. The van der Waals surface area contributed by atoms with E-state index in [1.807, 2.05) is 0 Å². The maximum Gasteiger partial charge on any atom is 0.251 e. The van der Waals surface area contributed by atoms with Crippen molar-refractivity contribution in [2.24, 2.45) is 0 Å². The minimum absolute atomic E-state index is 0.0196. The minimum Gasteiger partial charge on any atom is -0.352 e. The van der Waals surface area contributed by atoms with Crippen molar-refractivity contribution in [2.45, 2.75) is 44.4 Å². The average molecular weight is 416 g/mol. The molecule has 1 N–H and O–H groups in total. The number of halogens is 1. The summed E-state index contributed by atoms with van der Waals surface area (Å²) in [4.78, 5) is 14.8. The van der Waals surface area contributed by atoms with E-state index in [0.29, 0.717) is 25.2 Å². The van der Waals surface area contributed by atoms with Crippen LogP contribution in [0.15, 0.2) is 23.1 Å². The second kappa shape index (κ2) is 10.4. The van der Waals surface area contributed by atoms with Crippen LogP contribution in [-0.2, 0) is 10.0 Å². The summed E-state index contributed by atoms with van der Waals surface area (Å²) in [5.41, 5.74) is 0.308. The predicted octanol–water partition coefficient (Wildman–Crippen LogP) is 2.98. The van der Waals surface area contributed by atoms with E-state index in [-0.39, 0.29) is 15.8 Å². The Kier molecular flexibility index (Phi) is 8.54. The summed E-state index contributed by atoms with van der Waals surface area (Å²) >= 11 is 6.11. The van der Waals surface area contributed by atoms with Gasteiger partial charge in [-0.05, 0) is 57.1 Å². The van der Waals surface area contributed by atoms with Gasteiger partial charge in [-0.2, -0.15) is 4.31 Å². The molecule has 0 atom stereocenters. The topological polar surface area (TPSA) is 69.7 Å². The monoisotopic (exact) mass is 415 g/mol. The minimum atomic E-state index is -3.71. The Balaban J connectivity index is 1.98. The third kappa shape index (κ3) is 5.91. The maximum absolute atomic E-state index is 12.7. The molecule has 1 saturated heterocycles. The largest absolute Gasteiger partial charge is 0.352 e. The van der Waals surface area contributed by atoms with Crippen molar-refractivity contribution in [3.63, 3.8) is 0 Å². The number of likely N-dealkylation sites (tertiary alicyclic amines) is 1. The van der Waals surface area contributed by atoms with Gasteiger partial charge < -0.3 is 10.2 Å². The molecule has 1 aliphatic rings. The van der Waals surface area contributed by atoms with Gasteiger partial charge in [0, 0.05) is 25.2 Å². The molecule has 0 aliphatic carbocycles. The van der Waals surface area contributed by atoms with E-state index in [0.717, 1.165) is 26.1 Å². The maximum atomic E-state index is 12.7. The second-order valence-corrected chi connectivity index (χ2v) is 9.06. The van der Waals surface area contributed by atoms with Crippen LogP contribution in [0.5, 0.6) is 0 Å². The standard InChI is InChI=1S/C19H30ClN3O3S/c1-3-23(4-2)27(25,26)18-15-16(9-10-17(18)20)19(24)21-11-8-14-22-12-6-5-7-13-22/h9-10,15H,3-8,11-14H2,1-2H3,(H,21,24). The molecule has 0 unspecified atom stereocenters. The molecule has 1 aromatic rings. The lowest BCUT2D eigenvalue weighted by atomic mass is 10.1. The van der Waals surface area contributed by atoms with Crippen LogP contribution >= 0.6 is 11.6 Å². The second-order valence-electron chi connectivity index (χ2n) is 6.75. The predicted molar refractivity (Wildman–Crippen MR) is 109 cm³/mol. The Bertz CT molecular complexity index is 730. The van der Waals surface area contributed by atoms with Crippen LogP contribution in [0.1, 0.15) is 49.9 Å². The molecule has 0 spiro atoms. The van der Waals surface area contributed by atoms with Gasteiger partial charge in [0.1, 0.15) is 4.90 Å². The van der Waals surface area contributed by atoms with Gasteiger partial charge in [-0.25, -0.2) is 8.42 Å². The zero-order chi connectivity index (χ0) is 19.9. The number of amides is 1. The van der Waals surface area contributed by atoms with E-state index in [9.17, 15) is 13.2 Å². The molecule has 8 heteroatoms. The van der Waals surface area contributed by atoms with Crippen molar-refractivity contribution in [2.75, 3.05) is 39.3 Å². The Morgan fingerprint density at radius 2 is 1.85 bits per heavy atom. The molecule has 0 bridgehead atoms. The molecule has 1 fully saturated rings. The summed E-state index contributed by atoms with van der Waals surface area (Å²) in [6, 6.07) is 4.40. The summed E-state index contributed by atoms with van der Waals surface area (Å²) in [6.45, 7) is 8.06. The van der Waals surface area contributed by atoms with Crippen molar-refractivity contribution in [3.05, 3.63) is 28.8 Å². The Morgan fingerprint density at radius 1 is 1.19 bits per heavy atom.